The van der Waals surface area contributed by atoms with Gasteiger partial charge >= 0.3 is 5.97 Å². The molecule has 3 heterocycles. The van der Waals surface area contributed by atoms with E-state index < -0.39 is 17.4 Å². The van der Waals surface area contributed by atoms with Crippen molar-refractivity contribution in [2.24, 2.45) is 11.8 Å². The van der Waals surface area contributed by atoms with Crippen molar-refractivity contribution in [3.8, 4) is 0 Å². The van der Waals surface area contributed by atoms with Crippen molar-refractivity contribution in [2.45, 2.75) is 37.9 Å². The van der Waals surface area contributed by atoms with Gasteiger partial charge in [0.1, 0.15) is 11.5 Å². The Balaban J connectivity index is 1.45. The molecule has 1 aromatic rings. The molecule has 2 bridgehead atoms. The zero-order valence-corrected chi connectivity index (χ0v) is 15.1. The maximum atomic E-state index is 13.0. The van der Waals surface area contributed by atoms with Gasteiger partial charge in [0.25, 0.3) is 0 Å². The van der Waals surface area contributed by atoms with Crippen LogP contribution in [0.15, 0.2) is 42.5 Å². The lowest BCUT2D eigenvalue weighted by molar-refractivity contribution is -0.153. The summed E-state index contributed by atoms with van der Waals surface area (Å²) >= 11 is 0. The van der Waals surface area contributed by atoms with Crippen LogP contribution in [0.4, 0.5) is 0 Å². The molecule has 0 aromatic heterocycles. The number of nitrogens with zero attached hydrogens (tertiary/aromatic N) is 1. The summed E-state index contributed by atoms with van der Waals surface area (Å²) in [6.07, 6.45) is 6.20. The van der Waals surface area contributed by atoms with Crippen LogP contribution in [0, 0.1) is 11.8 Å². The number of amides is 1. The molecule has 1 amide bonds. The van der Waals surface area contributed by atoms with Crippen molar-refractivity contribution >= 4 is 11.9 Å². The van der Waals surface area contributed by atoms with Crippen LogP contribution >= 0.6 is 0 Å². The number of hydrogen-bond acceptors (Lipinski definition) is 4. The summed E-state index contributed by atoms with van der Waals surface area (Å²) in [4.78, 5) is 27.5. The van der Waals surface area contributed by atoms with E-state index in [0.29, 0.717) is 19.7 Å². The van der Waals surface area contributed by atoms with Crippen LogP contribution in [-0.2, 0) is 25.5 Å². The second-order valence-electron chi connectivity index (χ2n) is 7.42. The molecule has 138 valence electrons. The number of ether oxygens (including phenoxy) is 2. The summed E-state index contributed by atoms with van der Waals surface area (Å²) in [5.41, 5.74) is 0.554. The largest absolute Gasteiger partial charge is 0.465 e. The van der Waals surface area contributed by atoms with Crippen LogP contribution in [0.5, 0.6) is 0 Å². The van der Waals surface area contributed by atoms with E-state index in [-0.39, 0.29) is 18.0 Å². The van der Waals surface area contributed by atoms with E-state index in [1.165, 1.54) is 5.56 Å². The predicted octanol–water partition coefficient (Wildman–Crippen LogP) is 2.35. The highest BCUT2D eigenvalue weighted by atomic mass is 16.6. The molecule has 0 saturated carbocycles. The van der Waals surface area contributed by atoms with E-state index in [0.717, 1.165) is 19.3 Å². The minimum atomic E-state index is -0.646. The minimum Gasteiger partial charge on any atom is -0.465 e. The molecule has 0 aliphatic carbocycles. The number of carbonyl (C=O) groups excluding carboxylic acids is 2. The first-order valence-electron chi connectivity index (χ1n) is 9.51. The molecular formula is C21H25NO4. The topological polar surface area (TPSA) is 55.8 Å². The highest BCUT2D eigenvalue weighted by molar-refractivity contribution is 5.91. The van der Waals surface area contributed by atoms with Crippen molar-refractivity contribution in [1.82, 2.24) is 4.90 Å². The molecule has 0 N–H and O–H groups in total. The Morgan fingerprint density at radius 3 is 2.92 bits per heavy atom. The van der Waals surface area contributed by atoms with Crippen LogP contribution < -0.4 is 0 Å². The predicted molar refractivity (Wildman–Crippen MR) is 96.3 cm³/mol. The van der Waals surface area contributed by atoms with E-state index in [9.17, 15) is 9.59 Å². The monoisotopic (exact) mass is 355 g/mol. The Morgan fingerprint density at radius 1 is 1.35 bits per heavy atom. The van der Waals surface area contributed by atoms with Crippen molar-refractivity contribution in [3.63, 3.8) is 0 Å². The maximum absolute atomic E-state index is 13.0. The molecular weight excluding hydrogens is 330 g/mol. The molecule has 0 unspecified atom stereocenters. The van der Waals surface area contributed by atoms with Crippen molar-refractivity contribution in [3.05, 3.63) is 48.0 Å². The van der Waals surface area contributed by atoms with Crippen LogP contribution in [0.3, 0.4) is 0 Å². The van der Waals surface area contributed by atoms with Gasteiger partial charge in [-0.25, -0.2) is 0 Å². The summed E-state index contributed by atoms with van der Waals surface area (Å²) in [5, 5.41) is 0. The summed E-state index contributed by atoms with van der Waals surface area (Å²) < 4.78 is 11.5. The summed E-state index contributed by atoms with van der Waals surface area (Å²) in [7, 11) is 0. The molecule has 5 nitrogen and oxygen atoms in total. The van der Waals surface area contributed by atoms with Crippen molar-refractivity contribution < 1.29 is 19.1 Å². The third-order valence-electron chi connectivity index (χ3n) is 5.71. The van der Waals surface area contributed by atoms with Gasteiger partial charge in [0.15, 0.2) is 0 Å². The van der Waals surface area contributed by atoms with E-state index in [1.807, 2.05) is 35.3 Å². The van der Waals surface area contributed by atoms with E-state index >= 15 is 0 Å². The van der Waals surface area contributed by atoms with Gasteiger partial charge in [-0.3, -0.25) is 9.59 Å². The van der Waals surface area contributed by atoms with Gasteiger partial charge in [-0.2, -0.15) is 0 Å². The van der Waals surface area contributed by atoms with Gasteiger partial charge in [0.2, 0.25) is 5.91 Å². The molecule has 5 heteroatoms. The second-order valence-corrected chi connectivity index (χ2v) is 7.42. The number of unbranched alkanes of at least 4 members (excludes halogenated alkanes) is 1. The van der Waals surface area contributed by atoms with E-state index in [2.05, 4.69) is 19.1 Å². The van der Waals surface area contributed by atoms with Gasteiger partial charge in [-0.05, 0) is 18.4 Å². The van der Waals surface area contributed by atoms with Crippen molar-refractivity contribution in [1.29, 1.82) is 0 Å². The van der Waals surface area contributed by atoms with Gasteiger partial charge in [0, 0.05) is 6.54 Å². The fraction of sp³-hybridized carbons (Fsp3) is 0.524. The number of fused-ring (bicyclic) bond motifs is 1. The van der Waals surface area contributed by atoms with E-state index in [1.54, 1.807) is 0 Å². The lowest BCUT2D eigenvalue weighted by Gasteiger charge is -2.22. The van der Waals surface area contributed by atoms with Crippen LogP contribution in [0.2, 0.25) is 0 Å². The Labute approximate surface area is 154 Å². The number of carbonyl (C=O) groups is 2. The first-order chi connectivity index (χ1) is 12.6. The Hall–Kier alpha value is -2.14. The van der Waals surface area contributed by atoms with Crippen LogP contribution in [0.1, 0.15) is 25.3 Å². The molecule has 2 fully saturated rings. The van der Waals surface area contributed by atoms with Crippen LogP contribution in [0.25, 0.3) is 0 Å². The fourth-order valence-corrected chi connectivity index (χ4v) is 4.36. The number of benzene rings is 1. The maximum Gasteiger partial charge on any atom is 0.312 e. The lowest BCUT2D eigenvalue weighted by atomic mass is 9.77. The third kappa shape index (κ3) is 2.84. The van der Waals surface area contributed by atoms with Gasteiger partial charge in [-0.15, -0.1) is 0 Å². The highest BCUT2D eigenvalue weighted by Crippen LogP contribution is 2.52. The van der Waals surface area contributed by atoms with Gasteiger partial charge in [0.05, 0.1) is 25.2 Å². The summed E-state index contributed by atoms with van der Waals surface area (Å²) in [6.45, 7) is 3.63. The van der Waals surface area contributed by atoms with Crippen LogP contribution in [-0.4, -0.2) is 48.2 Å². The molecule has 26 heavy (non-hydrogen) atoms. The first-order valence-corrected chi connectivity index (χ1v) is 9.51. The molecule has 4 atom stereocenters. The molecule has 4 rings (SSSR count). The number of rotatable bonds is 7. The Kier molecular flexibility index (Phi) is 4.57. The lowest BCUT2D eigenvalue weighted by Crippen LogP contribution is -2.40. The average molecular weight is 355 g/mol. The molecule has 0 radical (unpaired) electrons. The average Bonchev–Trinajstić information content (AvgIpc) is 3.29. The number of esters is 1. The zero-order valence-electron chi connectivity index (χ0n) is 15.1. The summed E-state index contributed by atoms with van der Waals surface area (Å²) in [5.74, 6) is -1.23. The zero-order chi connectivity index (χ0) is 18.1. The third-order valence-corrected chi connectivity index (χ3v) is 5.71. The standard InChI is InChI=1S/C21H25NO4/c1-2-3-13-25-20(24)17-16-9-11-21(26-16)14-22(19(23)18(17)21)12-10-15-7-5-4-6-8-15/h4-9,11,16-18H,2-3,10,12-14H2,1H3/t16-,17+,18-,21+/m1/s1. The molecule has 3 aliphatic rings. The molecule has 2 saturated heterocycles. The van der Waals surface area contributed by atoms with Gasteiger partial charge < -0.3 is 14.4 Å². The Bertz CT molecular complexity index is 716. The quantitative estimate of drug-likeness (QED) is 0.428. The fourth-order valence-electron chi connectivity index (χ4n) is 4.36. The molecule has 3 aliphatic heterocycles. The normalized spacial score (nSPS) is 31.5. The second kappa shape index (κ2) is 6.88. The molecule has 1 aromatic carbocycles. The minimum absolute atomic E-state index is 0.0187. The smallest absolute Gasteiger partial charge is 0.312 e. The van der Waals surface area contributed by atoms with E-state index in [4.69, 9.17) is 9.47 Å². The Morgan fingerprint density at radius 2 is 2.15 bits per heavy atom. The number of likely N-dealkylation sites (tertiary alicyclic amines) is 1. The summed E-state index contributed by atoms with van der Waals surface area (Å²) in [6, 6.07) is 10.1. The first kappa shape index (κ1) is 17.3. The molecule has 1 spiro atoms. The highest BCUT2D eigenvalue weighted by Gasteiger charge is 2.67. The number of hydrogen-bond donors (Lipinski definition) is 0. The van der Waals surface area contributed by atoms with Gasteiger partial charge in [-0.1, -0.05) is 55.8 Å². The van der Waals surface area contributed by atoms with Crippen molar-refractivity contribution in [2.75, 3.05) is 19.7 Å². The SMILES string of the molecule is CCCCOC(=O)[C@H]1[C@H]2C=C[C@@]3(CN(CCc4ccccc4)C(=O)[C@@H]13)O2.